The second kappa shape index (κ2) is 7.72. The molecule has 0 unspecified atom stereocenters. The number of aromatic nitrogens is 2. The summed E-state index contributed by atoms with van der Waals surface area (Å²) >= 11 is 2.95. The molecule has 3 nitrogen and oxygen atoms in total. The van der Waals surface area contributed by atoms with Crippen LogP contribution >= 0.6 is 23.1 Å². The first kappa shape index (κ1) is 18.0. The Morgan fingerprint density at radius 2 is 1.15 bits per heavy atom. The fraction of sp³-hybridized carbons (Fsp3) is 0.182. The van der Waals surface area contributed by atoms with E-state index < -0.39 is 5.60 Å². The summed E-state index contributed by atoms with van der Waals surface area (Å²) < 4.78 is 9.07. The first-order chi connectivity index (χ1) is 13.1. The summed E-state index contributed by atoms with van der Waals surface area (Å²) in [5, 5.41) is 10.9. The van der Waals surface area contributed by atoms with Crippen molar-refractivity contribution in [1.82, 2.24) is 8.75 Å². The van der Waals surface area contributed by atoms with Crippen LogP contribution in [0.5, 0.6) is 0 Å². The SMILES string of the molecule is CC(O)(Cc1cc(-c2ccccc2)sn1)Cc1cc(-c2ccccc2)sn1. The van der Waals surface area contributed by atoms with E-state index in [1.807, 2.05) is 43.3 Å². The molecule has 1 N–H and O–H groups in total. The first-order valence-corrected chi connectivity index (χ1v) is 10.4. The molecule has 0 aliphatic carbocycles. The maximum Gasteiger partial charge on any atom is 0.0731 e. The van der Waals surface area contributed by atoms with Crippen LogP contribution in [0.25, 0.3) is 20.9 Å². The molecule has 0 radical (unpaired) electrons. The summed E-state index contributed by atoms with van der Waals surface area (Å²) in [6, 6.07) is 24.6. The summed E-state index contributed by atoms with van der Waals surface area (Å²) in [5.41, 5.74) is 3.27. The fourth-order valence-corrected chi connectivity index (χ4v) is 4.64. The highest BCUT2D eigenvalue weighted by molar-refractivity contribution is 7.09. The molecule has 2 heterocycles. The second-order valence-corrected chi connectivity index (χ2v) is 8.56. The molecule has 0 atom stereocenters. The third-order valence-electron chi connectivity index (χ3n) is 4.36. The first-order valence-electron chi connectivity index (χ1n) is 8.83. The van der Waals surface area contributed by atoms with Crippen LogP contribution in [-0.4, -0.2) is 19.5 Å². The molecule has 0 spiro atoms. The van der Waals surface area contributed by atoms with Crippen molar-refractivity contribution in [2.45, 2.75) is 25.4 Å². The van der Waals surface area contributed by atoms with E-state index in [1.165, 1.54) is 23.1 Å². The van der Waals surface area contributed by atoms with Gasteiger partial charge in [-0.3, -0.25) is 0 Å². The van der Waals surface area contributed by atoms with E-state index in [0.717, 1.165) is 32.3 Å². The van der Waals surface area contributed by atoms with Gasteiger partial charge in [-0.25, -0.2) is 0 Å². The van der Waals surface area contributed by atoms with Gasteiger partial charge in [-0.2, -0.15) is 8.75 Å². The van der Waals surface area contributed by atoms with E-state index >= 15 is 0 Å². The molecule has 0 saturated heterocycles. The van der Waals surface area contributed by atoms with Crippen molar-refractivity contribution in [3.8, 4) is 20.9 Å². The molecule has 2 aromatic heterocycles. The zero-order valence-corrected chi connectivity index (χ0v) is 16.6. The molecule has 4 aromatic rings. The summed E-state index contributed by atoms with van der Waals surface area (Å²) in [4.78, 5) is 2.25. The lowest BCUT2D eigenvalue weighted by Crippen LogP contribution is -2.30. The van der Waals surface area contributed by atoms with Crippen LogP contribution in [0.3, 0.4) is 0 Å². The molecule has 0 fully saturated rings. The molecule has 0 bridgehead atoms. The number of aliphatic hydroxyl groups is 1. The van der Waals surface area contributed by atoms with Gasteiger partial charge in [0.05, 0.1) is 26.7 Å². The Bertz CT molecular complexity index is 925. The Balaban J connectivity index is 1.45. The van der Waals surface area contributed by atoms with Gasteiger partial charge in [-0.05, 0) is 53.2 Å². The molecule has 4 rings (SSSR count). The molecular formula is C22H20N2OS2. The summed E-state index contributed by atoms with van der Waals surface area (Å²) in [6.45, 7) is 1.86. The van der Waals surface area contributed by atoms with E-state index in [1.54, 1.807) is 0 Å². The van der Waals surface area contributed by atoms with E-state index in [-0.39, 0.29) is 0 Å². The van der Waals surface area contributed by atoms with Gasteiger partial charge in [-0.1, -0.05) is 60.7 Å². The van der Waals surface area contributed by atoms with Gasteiger partial charge in [0.2, 0.25) is 0 Å². The number of hydrogen-bond donors (Lipinski definition) is 1. The zero-order chi connectivity index (χ0) is 18.7. The van der Waals surface area contributed by atoms with Gasteiger partial charge in [0.1, 0.15) is 0 Å². The summed E-state index contributed by atoms with van der Waals surface area (Å²) in [7, 11) is 0. The normalized spacial score (nSPS) is 11.6. The van der Waals surface area contributed by atoms with Crippen LogP contribution in [0.2, 0.25) is 0 Å². The third kappa shape index (κ3) is 4.50. The molecular weight excluding hydrogens is 372 g/mol. The molecule has 0 aliphatic rings. The number of benzene rings is 2. The minimum atomic E-state index is -0.885. The third-order valence-corrected chi connectivity index (χ3v) is 6.11. The van der Waals surface area contributed by atoms with Crippen LogP contribution in [-0.2, 0) is 12.8 Å². The van der Waals surface area contributed by atoms with Gasteiger partial charge in [0.25, 0.3) is 0 Å². The minimum absolute atomic E-state index is 0.508. The Labute approximate surface area is 167 Å². The summed E-state index contributed by atoms with van der Waals surface area (Å²) in [5.74, 6) is 0. The second-order valence-electron chi connectivity index (χ2n) is 6.95. The highest BCUT2D eigenvalue weighted by Gasteiger charge is 2.25. The van der Waals surface area contributed by atoms with Crippen LogP contribution in [0.4, 0.5) is 0 Å². The van der Waals surface area contributed by atoms with Crippen LogP contribution < -0.4 is 0 Å². The number of hydrogen-bond acceptors (Lipinski definition) is 5. The van der Waals surface area contributed by atoms with Gasteiger partial charge in [0.15, 0.2) is 0 Å². The van der Waals surface area contributed by atoms with Crippen LogP contribution in [0.15, 0.2) is 72.8 Å². The van der Waals surface area contributed by atoms with Gasteiger partial charge < -0.3 is 5.11 Å². The Hall–Kier alpha value is -2.34. The van der Waals surface area contributed by atoms with Crippen molar-refractivity contribution in [2.75, 3.05) is 0 Å². The largest absolute Gasteiger partial charge is 0.389 e. The van der Waals surface area contributed by atoms with Crippen molar-refractivity contribution in [1.29, 1.82) is 0 Å². The lowest BCUT2D eigenvalue weighted by molar-refractivity contribution is 0.0593. The predicted octanol–water partition coefficient (Wildman–Crippen LogP) is 5.47. The van der Waals surface area contributed by atoms with Crippen molar-refractivity contribution in [2.24, 2.45) is 0 Å². The van der Waals surface area contributed by atoms with E-state index in [4.69, 9.17) is 0 Å². The highest BCUT2D eigenvalue weighted by atomic mass is 32.1. The Morgan fingerprint density at radius 1 is 0.741 bits per heavy atom. The van der Waals surface area contributed by atoms with Gasteiger partial charge in [-0.15, -0.1) is 0 Å². The zero-order valence-electron chi connectivity index (χ0n) is 15.0. The monoisotopic (exact) mass is 392 g/mol. The van der Waals surface area contributed by atoms with Gasteiger partial charge in [0, 0.05) is 12.8 Å². The molecule has 2 aromatic carbocycles. The summed E-state index contributed by atoms with van der Waals surface area (Å²) in [6.07, 6.45) is 1.02. The van der Waals surface area contributed by atoms with Crippen molar-refractivity contribution >= 4 is 23.1 Å². The molecule has 5 heteroatoms. The number of nitrogens with zero attached hydrogens (tertiary/aromatic N) is 2. The van der Waals surface area contributed by atoms with Crippen molar-refractivity contribution in [3.05, 3.63) is 84.2 Å². The van der Waals surface area contributed by atoms with Crippen LogP contribution in [0.1, 0.15) is 18.3 Å². The molecule has 0 amide bonds. The van der Waals surface area contributed by atoms with Gasteiger partial charge >= 0.3 is 0 Å². The topological polar surface area (TPSA) is 46.0 Å². The molecule has 0 saturated carbocycles. The Morgan fingerprint density at radius 3 is 1.56 bits per heavy atom. The quantitative estimate of drug-likeness (QED) is 0.473. The van der Waals surface area contributed by atoms with E-state index in [2.05, 4.69) is 45.1 Å². The fourth-order valence-electron chi connectivity index (χ4n) is 3.11. The standard InChI is InChI=1S/C22H20N2OS2/c1-22(25,14-18-12-20(26-23-18)16-8-4-2-5-9-16)15-19-13-21(27-24-19)17-10-6-3-7-11-17/h2-13,25H,14-15H2,1H3. The maximum atomic E-state index is 10.9. The average Bonchev–Trinajstić information content (AvgIpc) is 3.32. The lowest BCUT2D eigenvalue weighted by Gasteiger charge is -2.20. The maximum absolute atomic E-state index is 10.9. The van der Waals surface area contributed by atoms with Crippen molar-refractivity contribution in [3.63, 3.8) is 0 Å². The average molecular weight is 393 g/mol. The smallest absolute Gasteiger partial charge is 0.0731 e. The number of rotatable bonds is 6. The van der Waals surface area contributed by atoms with E-state index in [9.17, 15) is 5.11 Å². The molecule has 136 valence electrons. The van der Waals surface area contributed by atoms with Crippen molar-refractivity contribution < 1.29 is 5.11 Å². The minimum Gasteiger partial charge on any atom is -0.389 e. The molecule has 0 aliphatic heterocycles. The Kier molecular flexibility index (Phi) is 5.16. The predicted molar refractivity (Wildman–Crippen MR) is 113 cm³/mol. The molecule has 27 heavy (non-hydrogen) atoms. The lowest BCUT2D eigenvalue weighted by atomic mass is 9.94. The van der Waals surface area contributed by atoms with E-state index in [0.29, 0.717) is 12.8 Å². The highest BCUT2D eigenvalue weighted by Crippen LogP contribution is 2.29. The van der Waals surface area contributed by atoms with Crippen LogP contribution in [0, 0.1) is 0 Å².